The van der Waals surface area contributed by atoms with E-state index in [0.29, 0.717) is 12.3 Å². The predicted octanol–water partition coefficient (Wildman–Crippen LogP) is 4.23. The second kappa shape index (κ2) is 5.90. The number of carboxylic acids is 1. The van der Waals surface area contributed by atoms with Gasteiger partial charge in [-0.05, 0) is 30.6 Å². The molecule has 0 saturated heterocycles. The summed E-state index contributed by atoms with van der Waals surface area (Å²) in [5.74, 6) is -0.0821. The number of aliphatic carboxylic acids is 1. The summed E-state index contributed by atoms with van der Waals surface area (Å²) in [7, 11) is 0. The van der Waals surface area contributed by atoms with Crippen molar-refractivity contribution in [2.24, 2.45) is 22.7 Å². The third-order valence-corrected chi connectivity index (χ3v) is 3.39. The molecule has 0 spiro atoms. The number of rotatable bonds is 4. The summed E-state index contributed by atoms with van der Waals surface area (Å²) >= 11 is 0. The molecular weight excluding hydrogens is 224 g/mol. The summed E-state index contributed by atoms with van der Waals surface area (Å²) < 4.78 is 0. The van der Waals surface area contributed by atoms with E-state index in [4.69, 9.17) is 0 Å². The summed E-state index contributed by atoms with van der Waals surface area (Å²) in [6.45, 7) is 14.4. The van der Waals surface area contributed by atoms with Crippen LogP contribution in [0.15, 0.2) is 0 Å². The largest absolute Gasteiger partial charge is 0.481 e. The molecular formula is C13H27ClO2. The number of carboxylic acid groups (broad SMARTS) is 1. The first kappa shape index (κ1) is 18.1. The highest BCUT2D eigenvalue weighted by Crippen LogP contribution is 2.42. The molecule has 1 N–H and O–H groups in total. The summed E-state index contributed by atoms with van der Waals surface area (Å²) in [6.07, 6.45) is 0.717. The molecule has 0 rings (SSSR count). The van der Waals surface area contributed by atoms with Crippen LogP contribution in [0.1, 0.15) is 54.9 Å². The summed E-state index contributed by atoms with van der Waals surface area (Å²) in [4.78, 5) is 11.4. The zero-order valence-corrected chi connectivity index (χ0v) is 12.4. The minimum absolute atomic E-state index is 0. The van der Waals surface area contributed by atoms with Crippen LogP contribution in [-0.4, -0.2) is 11.1 Å². The summed E-state index contributed by atoms with van der Waals surface area (Å²) in [6, 6.07) is 0. The van der Waals surface area contributed by atoms with Crippen molar-refractivity contribution in [3.05, 3.63) is 0 Å². The zero-order valence-electron chi connectivity index (χ0n) is 11.6. The van der Waals surface area contributed by atoms with Crippen LogP contribution in [0.5, 0.6) is 0 Å². The molecule has 2 unspecified atom stereocenters. The smallest absolute Gasteiger partial charge is 0.309 e. The summed E-state index contributed by atoms with van der Waals surface area (Å²) in [5.41, 5.74) is -0.567. The average molecular weight is 251 g/mol. The van der Waals surface area contributed by atoms with Crippen LogP contribution in [0.2, 0.25) is 0 Å². The fraction of sp³-hybridized carbons (Fsp3) is 0.923. The Hall–Kier alpha value is -0.240. The maximum atomic E-state index is 11.4. The van der Waals surface area contributed by atoms with E-state index in [0.717, 1.165) is 0 Å². The first-order valence-corrected chi connectivity index (χ1v) is 5.74. The Morgan fingerprint density at radius 2 is 1.50 bits per heavy atom. The highest BCUT2D eigenvalue weighted by Gasteiger charge is 2.42. The summed E-state index contributed by atoms with van der Waals surface area (Å²) in [5, 5.41) is 9.42. The molecule has 16 heavy (non-hydrogen) atoms. The molecule has 2 atom stereocenters. The molecule has 0 amide bonds. The van der Waals surface area contributed by atoms with Crippen LogP contribution in [0.4, 0.5) is 0 Å². The number of hydrogen-bond acceptors (Lipinski definition) is 1. The second-order valence-electron chi connectivity index (χ2n) is 6.49. The van der Waals surface area contributed by atoms with E-state index >= 15 is 0 Å². The van der Waals surface area contributed by atoms with Crippen molar-refractivity contribution in [1.82, 2.24) is 0 Å². The lowest BCUT2D eigenvalue weighted by molar-refractivity contribution is -0.154. The van der Waals surface area contributed by atoms with Gasteiger partial charge in [0.25, 0.3) is 0 Å². The van der Waals surface area contributed by atoms with Gasteiger partial charge in [-0.25, -0.2) is 0 Å². The number of carbonyl (C=O) groups is 1. The van der Waals surface area contributed by atoms with Crippen molar-refractivity contribution in [3.8, 4) is 0 Å². The van der Waals surface area contributed by atoms with Crippen molar-refractivity contribution >= 4 is 18.4 Å². The predicted molar refractivity (Wildman–Crippen MR) is 71.1 cm³/mol. The molecule has 3 heteroatoms. The fourth-order valence-corrected chi connectivity index (χ4v) is 2.27. The molecule has 0 fully saturated rings. The van der Waals surface area contributed by atoms with Crippen molar-refractivity contribution in [3.63, 3.8) is 0 Å². The quantitative estimate of drug-likeness (QED) is 0.811. The normalized spacial score (nSPS) is 17.5. The minimum Gasteiger partial charge on any atom is -0.481 e. The van der Waals surface area contributed by atoms with Crippen LogP contribution >= 0.6 is 12.4 Å². The average Bonchev–Trinajstić information content (AvgIpc) is 1.99. The van der Waals surface area contributed by atoms with Crippen LogP contribution < -0.4 is 0 Å². The maximum Gasteiger partial charge on any atom is 0.309 e. The minimum atomic E-state index is -0.668. The van der Waals surface area contributed by atoms with Crippen molar-refractivity contribution in [2.45, 2.75) is 54.9 Å². The number of halogens is 1. The topological polar surface area (TPSA) is 37.3 Å². The molecule has 0 aromatic carbocycles. The zero-order chi connectivity index (χ0) is 12.4. The third-order valence-electron chi connectivity index (χ3n) is 3.39. The highest BCUT2D eigenvalue weighted by atomic mass is 35.5. The third kappa shape index (κ3) is 4.73. The second-order valence-corrected chi connectivity index (χ2v) is 6.49. The van der Waals surface area contributed by atoms with Crippen LogP contribution in [0.25, 0.3) is 0 Å². The molecule has 0 radical (unpaired) electrons. The van der Waals surface area contributed by atoms with E-state index in [-0.39, 0.29) is 23.7 Å². The maximum absolute atomic E-state index is 11.4. The van der Waals surface area contributed by atoms with E-state index in [1.807, 2.05) is 13.8 Å². The van der Waals surface area contributed by atoms with Gasteiger partial charge in [0.2, 0.25) is 0 Å². The Kier molecular flexibility index (Phi) is 6.69. The monoisotopic (exact) mass is 250 g/mol. The van der Waals surface area contributed by atoms with Crippen molar-refractivity contribution in [2.75, 3.05) is 0 Å². The molecule has 2 nitrogen and oxygen atoms in total. The van der Waals surface area contributed by atoms with Gasteiger partial charge in [-0.2, -0.15) is 0 Å². The van der Waals surface area contributed by atoms with E-state index < -0.39 is 11.4 Å². The lowest BCUT2D eigenvalue weighted by Gasteiger charge is -2.38. The lowest BCUT2D eigenvalue weighted by Crippen LogP contribution is -2.40. The van der Waals surface area contributed by atoms with Gasteiger partial charge in [0.15, 0.2) is 0 Å². The molecule has 0 aliphatic rings. The lowest BCUT2D eigenvalue weighted by atomic mass is 9.65. The first-order chi connectivity index (χ1) is 6.50. The van der Waals surface area contributed by atoms with Gasteiger partial charge < -0.3 is 5.11 Å². The SMILES string of the molecule is CC(C)C(C)C(C)(CC(C)(C)C)C(=O)O.Cl. The first-order valence-electron chi connectivity index (χ1n) is 5.74. The van der Waals surface area contributed by atoms with E-state index in [2.05, 4.69) is 34.6 Å². The Morgan fingerprint density at radius 1 is 1.12 bits per heavy atom. The van der Waals surface area contributed by atoms with Gasteiger partial charge >= 0.3 is 5.97 Å². The number of hydrogen-bond donors (Lipinski definition) is 1. The molecule has 98 valence electrons. The standard InChI is InChI=1S/C13H26O2.ClH/c1-9(2)10(3)13(7,11(14)15)8-12(4,5)6;/h9-10H,8H2,1-7H3,(H,14,15);1H. The Balaban J connectivity index is 0. The highest BCUT2D eigenvalue weighted by molar-refractivity contribution is 5.85. The van der Waals surface area contributed by atoms with Crippen LogP contribution in [0.3, 0.4) is 0 Å². The van der Waals surface area contributed by atoms with Gasteiger partial charge in [-0.15, -0.1) is 12.4 Å². The van der Waals surface area contributed by atoms with E-state index in [1.165, 1.54) is 0 Å². The van der Waals surface area contributed by atoms with E-state index in [1.54, 1.807) is 0 Å². The molecule has 0 aromatic rings. The van der Waals surface area contributed by atoms with Gasteiger partial charge in [0.1, 0.15) is 0 Å². The molecule has 0 heterocycles. The molecule has 0 aromatic heterocycles. The van der Waals surface area contributed by atoms with Crippen LogP contribution in [0, 0.1) is 22.7 Å². The van der Waals surface area contributed by atoms with Crippen LogP contribution in [-0.2, 0) is 4.79 Å². The molecule has 0 aliphatic heterocycles. The Labute approximate surface area is 106 Å². The molecule has 0 saturated carbocycles. The van der Waals surface area contributed by atoms with Crippen molar-refractivity contribution in [1.29, 1.82) is 0 Å². The van der Waals surface area contributed by atoms with Gasteiger partial charge in [0.05, 0.1) is 5.41 Å². The van der Waals surface area contributed by atoms with E-state index in [9.17, 15) is 9.90 Å². The fourth-order valence-electron chi connectivity index (χ4n) is 2.27. The molecule has 0 bridgehead atoms. The molecule has 0 aliphatic carbocycles. The Bertz CT molecular complexity index is 231. The Morgan fingerprint density at radius 3 is 1.69 bits per heavy atom. The van der Waals surface area contributed by atoms with Gasteiger partial charge in [-0.3, -0.25) is 4.79 Å². The van der Waals surface area contributed by atoms with Gasteiger partial charge in [0, 0.05) is 0 Å². The van der Waals surface area contributed by atoms with Gasteiger partial charge in [-0.1, -0.05) is 41.5 Å². The van der Waals surface area contributed by atoms with Crippen molar-refractivity contribution < 1.29 is 9.90 Å².